The molecule has 2 atom stereocenters. The lowest BCUT2D eigenvalue weighted by Crippen LogP contribution is -2.30. The smallest absolute Gasteiger partial charge is 0.329 e. The SMILES string of the molecule is COC(=O)[C@@H]1[C@@H](C)Cc2cc(-c3cc(Cl)ccc3N)cc(=O)n21. The Morgan fingerprint density at radius 1 is 1.35 bits per heavy atom. The van der Waals surface area contributed by atoms with Gasteiger partial charge in [0, 0.05) is 28.0 Å². The number of pyridine rings is 1. The fraction of sp³-hybridized carbons (Fsp3) is 0.294. The molecule has 0 saturated carbocycles. The van der Waals surface area contributed by atoms with E-state index in [1.165, 1.54) is 17.7 Å². The van der Waals surface area contributed by atoms with Crippen LogP contribution in [-0.2, 0) is 16.0 Å². The molecule has 0 spiro atoms. The highest BCUT2D eigenvalue weighted by molar-refractivity contribution is 6.31. The molecule has 2 aromatic rings. The molecule has 6 heteroatoms. The van der Waals surface area contributed by atoms with Crippen molar-refractivity contribution in [2.45, 2.75) is 19.4 Å². The number of carbonyl (C=O) groups is 1. The molecule has 2 N–H and O–H groups in total. The van der Waals surface area contributed by atoms with Crippen molar-refractivity contribution in [3.05, 3.63) is 51.4 Å². The Kier molecular flexibility index (Phi) is 3.90. The number of esters is 1. The Bertz CT molecular complexity index is 844. The molecule has 1 aromatic carbocycles. The van der Waals surface area contributed by atoms with E-state index in [1.54, 1.807) is 18.2 Å². The number of hydrogen-bond acceptors (Lipinski definition) is 4. The molecule has 1 aliphatic rings. The molecular weight excluding hydrogens is 316 g/mol. The van der Waals surface area contributed by atoms with E-state index in [0.29, 0.717) is 28.3 Å². The van der Waals surface area contributed by atoms with Crippen LogP contribution in [0.1, 0.15) is 18.7 Å². The second kappa shape index (κ2) is 5.74. The fourth-order valence-electron chi connectivity index (χ4n) is 3.20. The summed E-state index contributed by atoms with van der Waals surface area (Å²) >= 11 is 6.03. The van der Waals surface area contributed by atoms with Gasteiger partial charge in [-0.2, -0.15) is 0 Å². The zero-order valence-corrected chi connectivity index (χ0v) is 13.6. The molecular formula is C17H17ClN2O3. The molecule has 0 unspecified atom stereocenters. The van der Waals surface area contributed by atoms with Crippen LogP contribution in [0, 0.1) is 5.92 Å². The van der Waals surface area contributed by atoms with Gasteiger partial charge in [0.05, 0.1) is 7.11 Å². The Balaban J connectivity index is 2.15. The van der Waals surface area contributed by atoms with Crippen LogP contribution in [0.15, 0.2) is 35.1 Å². The van der Waals surface area contributed by atoms with E-state index in [4.69, 9.17) is 22.1 Å². The number of ether oxygens (including phenoxy) is 1. The first-order valence-electron chi connectivity index (χ1n) is 7.31. The van der Waals surface area contributed by atoms with Crippen molar-refractivity contribution < 1.29 is 9.53 Å². The number of benzene rings is 1. The number of rotatable bonds is 2. The Hall–Kier alpha value is -2.27. The number of nitrogens with zero attached hydrogens (tertiary/aromatic N) is 1. The summed E-state index contributed by atoms with van der Waals surface area (Å²) in [5.74, 6) is -0.393. The topological polar surface area (TPSA) is 74.3 Å². The molecule has 1 aromatic heterocycles. The van der Waals surface area contributed by atoms with Crippen LogP contribution < -0.4 is 11.3 Å². The van der Waals surface area contributed by atoms with E-state index >= 15 is 0 Å². The van der Waals surface area contributed by atoms with Gasteiger partial charge in [-0.1, -0.05) is 18.5 Å². The molecule has 0 saturated heterocycles. The molecule has 0 bridgehead atoms. The molecule has 23 heavy (non-hydrogen) atoms. The van der Waals surface area contributed by atoms with Gasteiger partial charge in [0.25, 0.3) is 5.56 Å². The minimum atomic E-state index is -0.576. The van der Waals surface area contributed by atoms with Crippen LogP contribution in [0.2, 0.25) is 5.02 Å². The molecule has 0 radical (unpaired) electrons. The van der Waals surface area contributed by atoms with Gasteiger partial charge in [-0.3, -0.25) is 9.36 Å². The largest absolute Gasteiger partial charge is 0.467 e. The lowest BCUT2D eigenvalue weighted by atomic mass is 10.0. The highest BCUT2D eigenvalue weighted by Crippen LogP contribution is 2.34. The van der Waals surface area contributed by atoms with Crippen molar-refractivity contribution in [1.29, 1.82) is 0 Å². The van der Waals surface area contributed by atoms with Gasteiger partial charge in [0.15, 0.2) is 0 Å². The van der Waals surface area contributed by atoms with Crippen molar-refractivity contribution in [3.8, 4) is 11.1 Å². The van der Waals surface area contributed by atoms with Gasteiger partial charge in [-0.15, -0.1) is 0 Å². The zero-order valence-electron chi connectivity index (χ0n) is 12.9. The van der Waals surface area contributed by atoms with E-state index in [1.807, 2.05) is 13.0 Å². The average molecular weight is 333 g/mol. The first-order valence-corrected chi connectivity index (χ1v) is 7.69. The molecule has 0 aliphatic carbocycles. The summed E-state index contributed by atoms with van der Waals surface area (Å²) in [5, 5.41) is 0.551. The molecule has 0 fully saturated rings. The summed E-state index contributed by atoms with van der Waals surface area (Å²) in [7, 11) is 1.33. The van der Waals surface area contributed by atoms with E-state index in [-0.39, 0.29) is 11.5 Å². The summed E-state index contributed by atoms with van der Waals surface area (Å²) in [6.45, 7) is 1.93. The van der Waals surface area contributed by atoms with Crippen LogP contribution in [0.3, 0.4) is 0 Å². The van der Waals surface area contributed by atoms with Crippen LogP contribution in [0.4, 0.5) is 5.69 Å². The first-order chi connectivity index (χ1) is 10.9. The number of halogens is 1. The van der Waals surface area contributed by atoms with Crippen LogP contribution >= 0.6 is 11.6 Å². The summed E-state index contributed by atoms with van der Waals surface area (Å²) in [6.07, 6.45) is 0.628. The van der Waals surface area contributed by atoms with Crippen molar-refractivity contribution in [1.82, 2.24) is 4.57 Å². The Morgan fingerprint density at radius 2 is 2.09 bits per heavy atom. The Labute approximate surface area is 138 Å². The third kappa shape index (κ3) is 2.61. The van der Waals surface area contributed by atoms with Gasteiger partial charge in [0.1, 0.15) is 6.04 Å². The number of aromatic nitrogens is 1. The molecule has 2 heterocycles. The van der Waals surface area contributed by atoms with Gasteiger partial charge >= 0.3 is 5.97 Å². The summed E-state index contributed by atoms with van der Waals surface area (Å²) < 4.78 is 6.34. The number of nitrogens with two attached hydrogens (primary N) is 1. The lowest BCUT2D eigenvalue weighted by molar-refractivity contribution is -0.145. The molecule has 0 amide bonds. The predicted octanol–water partition coefficient (Wildman–Crippen LogP) is 2.66. The third-order valence-electron chi connectivity index (χ3n) is 4.27. The van der Waals surface area contributed by atoms with E-state index in [9.17, 15) is 9.59 Å². The number of hydrogen-bond donors (Lipinski definition) is 1. The maximum Gasteiger partial charge on any atom is 0.329 e. The second-order valence-electron chi connectivity index (χ2n) is 5.82. The quantitative estimate of drug-likeness (QED) is 0.677. The van der Waals surface area contributed by atoms with Crippen molar-refractivity contribution in [2.24, 2.45) is 5.92 Å². The van der Waals surface area contributed by atoms with Gasteiger partial charge < -0.3 is 10.5 Å². The standard InChI is InChI=1S/C17H17ClN2O3/c1-9-5-12-6-10(13-8-11(18)3-4-14(13)19)7-15(21)20(12)16(9)17(22)23-2/h3-4,6-9,16H,5,19H2,1-2H3/t9-,16-/m0/s1. The average Bonchev–Trinajstić information content (AvgIpc) is 2.85. The normalized spacial score (nSPS) is 19.4. The van der Waals surface area contributed by atoms with Crippen LogP contribution in [0.5, 0.6) is 0 Å². The number of fused-ring (bicyclic) bond motifs is 1. The number of carbonyl (C=O) groups excluding carboxylic acids is 1. The zero-order chi connectivity index (χ0) is 16.7. The third-order valence-corrected chi connectivity index (χ3v) is 4.50. The molecule has 3 rings (SSSR count). The van der Waals surface area contributed by atoms with Gasteiger partial charge in [-0.25, -0.2) is 4.79 Å². The van der Waals surface area contributed by atoms with Crippen molar-refractivity contribution in [3.63, 3.8) is 0 Å². The summed E-state index contributed by atoms with van der Waals surface area (Å²) in [5.41, 5.74) is 8.53. The molecule has 1 aliphatic heterocycles. The van der Waals surface area contributed by atoms with Crippen LogP contribution in [-0.4, -0.2) is 17.6 Å². The van der Waals surface area contributed by atoms with Gasteiger partial charge in [-0.05, 0) is 42.2 Å². The highest BCUT2D eigenvalue weighted by Gasteiger charge is 2.36. The molecule has 120 valence electrons. The van der Waals surface area contributed by atoms with Gasteiger partial charge in [0.2, 0.25) is 0 Å². The predicted molar refractivity (Wildman–Crippen MR) is 89.5 cm³/mol. The van der Waals surface area contributed by atoms with Crippen LogP contribution in [0.25, 0.3) is 11.1 Å². The number of methoxy groups -OCH3 is 1. The van der Waals surface area contributed by atoms with Crippen molar-refractivity contribution in [2.75, 3.05) is 12.8 Å². The minimum absolute atomic E-state index is 0.00195. The maximum absolute atomic E-state index is 12.6. The maximum atomic E-state index is 12.6. The fourth-order valence-corrected chi connectivity index (χ4v) is 3.37. The van der Waals surface area contributed by atoms with Crippen molar-refractivity contribution >= 4 is 23.3 Å². The Morgan fingerprint density at radius 3 is 2.78 bits per heavy atom. The monoisotopic (exact) mass is 332 g/mol. The highest BCUT2D eigenvalue weighted by atomic mass is 35.5. The summed E-state index contributed by atoms with van der Waals surface area (Å²) in [4.78, 5) is 24.5. The first kappa shape index (κ1) is 15.6. The van der Waals surface area contributed by atoms with E-state index < -0.39 is 12.0 Å². The minimum Gasteiger partial charge on any atom is -0.467 e. The van der Waals surface area contributed by atoms with E-state index in [2.05, 4.69) is 0 Å². The number of anilines is 1. The molecule has 5 nitrogen and oxygen atoms in total. The number of nitrogen functional groups attached to an aromatic ring is 1. The van der Waals surface area contributed by atoms with E-state index in [0.717, 1.165) is 5.69 Å². The second-order valence-corrected chi connectivity index (χ2v) is 6.26. The summed E-state index contributed by atoms with van der Waals surface area (Å²) in [6, 6.07) is 7.95. The lowest BCUT2D eigenvalue weighted by Gasteiger charge is -2.16.